The molecular weight excluding hydrogens is 934 g/mol. The minimum Gasteiger partial charge on any atom is -0.618 e. The van der Waals surface area contributed by atoms with Gasteiger partial charge in [0.05, 0.1) is 25.5 Å². The number of carboxylic acids is 1. The standard InChI is InChI=1S/C24H22ClN5O2.C16H11ClN2O3.C7H11N3.CH3F.CH4.ClH/c1-14-7-23(26)29-15(2)21(14)12-28-24(31)17-5-6-27-20(11-17)9-16-3-4-22-18(8-16)10-19(25)13-30(22)32;17-13-7-12-5-10(1-2-15(12)19(22)9-13)6-14-8-11(16(20)21)3-4-18-14;1-4-3-6(8)10-5(2)7(4)9;1-2;;/h3-8,10-11,13H,9,12H2,1-2H3,(H2,26,29)(H,28,31);1-5,7-9H,6H2,(H,20,21);3H,9H2,1-2H3,(H2,8,10);1H3;1H4;1H/i;;;1D;;. The number of aromatic carboxylic acids is 1. The highest BCUT2D eigenvalue weighted by atomic mass is 35.5. The molecule has 0 fully saturated rings. The average molecular weight is 987 g/mol. The van der Waals surface area contributed by atoms with E-state index in [1.54, 1.807) is 54.7 Å². The van der Waals surface area contributed by atoms with Gasteiger partial charge in [-0.2, -0.15) is 9.46 Å². The van der Waals surface area contributed by atoms with E-state index in [0.29, 0.717) is 63.4 Å². The zero-order valence-electron chi connectivity index (χ0n) is 37.8. The molecule has 0 unspecified atom stereocenters. The maximum absolute atomic E-state index is 12.7. The van der Waals surface area contributed by atoms with E-state index in [0.717, 1.165) is 70.8 Å². The molecule has 2 aromatic carbocycles. The number of nitrogen functional groups attached to an aromatic ring is 3. The minimum absolute atomic E-state index is 0. The van der Waals surface area contributed by atoms with Gasteiger partial charge in [0.25, 0.3) is 5.91 Å². The molecule has 0 saturated carbocycles. The van der Waals surface area contributed by atoms with Crippen LogP contribution in [-0.4, -0.2) is 44.1 Å². The molecule has 0 spiro atoms. The number of hydrogen-bond donors (Lipinski definition) is 5. The number of hydrogen-bond acceptors (Lipinski definition) is 11. The van der Waals surface area contributed by atoms with E-state index >= 15 is 0 Å². The van der Waals surface area contributed by atoms with Gasteiger partial charge in [0.2, 0.25) is 11.0 Å². The molecule has 1 amide bonds. The number of nitrogens with zero attached hydrogens (tertiary/aromatic N) is 6. The summed E-state index contributed by atoms with van der Waals surface area (Å²) in [6.07, 6.45) is 6.72. The quantitative estimate of drug-likeness (QED) is 0.0707. The van der Waals surface area contributed by atoms with Crippen LogP contribution in [0.4, 0.5) is 21.7 Å². The predicted octanol–water partition coefficient (Wildman–Crippen LogP) is 8.95. The van der Waals surface area contributed by atoms with Gasteiger partial charge in [0.15, 0.2) is 12.4 Å². The molecule has 8 aromatic rings. The second-order valence-corrected chi connectivity index (χ2v) is 15.8. The Morgan fingerprint density at radius 3 is 1.65 bits per heavy atom. The summed E-state index contributed by atoms with van der Waals surface area (Å²) in [7, 11) is -1.00. The molecule has 8 rings (SSSR count). The number of carbonyl (C=O) groups is 2. The molecule has 0 saturated heterocycles. The van der Waals surface area contributed by atoms with Crippen LogP contribution in [0.15, 0.2) is 110 Å². The summed E-state index contributed by atoms with van der Waals surface area (Å²) in [5.74, 6) is -0.178. The first kappa shape index (κ1) is 53.2. The first-order valence-electron chi connectivity index (χ1n) is 20.7. The van der Waals surface area contributed by atoms with Gasteiger partial charge in [-0.3, -0.25) is 19.2 Å². The van der Waals surface area contributed by atoms with Crippen molar-refractivity contribution < 1.29 is 29.9 Å². The number of halogens is 4. The second-order valence-electron chi connectivity index (χ2n) is 15.0. The van der Waals surface area contributed by atoms with Gasteiger partial charge in [-0.05, 0) is 116 Å². The second kappa shape index (κ2) is 24.9. The van der Waals surface area contributed by atoms with E-state index in [-0.39, 0.29) is 31.3 Å². The van der Waals surface area contributed by atoms with Crippen LogP contribution in [0.5, 0.6) is 0 Å². The molecule has 356 valence electrons. The summed E-state index contributed by atoms with van der Waals surface area (Å²) in [5, 5.41) is 37.9. The number of benzene rings is 2. The van der Waals surface area contributed by atoms with Crippen molar-refractivity contribution in [1.82, 2.24) is 25.3 Å². The average Bonchev–Trinajstić information content (AvgIpc) is 3.25. The third kappa shape index (κ3) is 14.5. The fourth-order valence-electron chi connectivity index (χ4n) is 6.93. The van der Waals surface area contributed by atoms with E-state index in [4.69, 9.17) is 46.9 Å². The van der Waals surface area contributed by atoms with Gasteiger partial charge >= 0.3 is 5.97 Å². The summed E-state index contributed by atoms with van der Waals surface area (Å²) >= 11 is 11.9. The number of anilines is 3. The van der Waals surface area contributed by atoms with Crippen molar-refractivity contribution in [1.29, 1.82) is 0 Å². The number of amides is 1. The molecule has 15 nitrogen and oxygen atoms in total. The van der Waals surface area contributed by atoms with Crippen LogP contribution < -0.4 is 32.0 Å². The molecule has 0 aliphatic carbocycles. The van der Waals surface area contributed by atoms with E-state index in [9.17, 15) is 24.4 Å². The van der Waals surface area contributed by atoms with E-state index < -0.39 is 13.1 Å². The molecule has 0 aliphatic heterocycles. The van der Waals surface area contributed by atoms with Gasteiger partial charge in [-0.15, -0.1) is 12.4 Å². The molecule has 19 heteroatoms. The number of alkyl halides is 1. The summed E-state index contributed by atoms with van der Waals surface area (Å²) in [6.45, 7) is 7.95. The monoisotopic (exact) mass is 985 g/mol. The van der Waals surface area contributed by atoms with Gasteiger partial charge in [0, 0.05) is 77.3 Å². The van der Waals surface area contributed by atoms with Crippen molar-refractivity contribution in [3.8, 4) is 0 Å². The van der Waals surface area contributed by atoms with Crippen molar-refractivity contribution in [2.24, 2.45) is 0 Å². The number of aryl methyl sites for hydroxylation is 4. The number of nitrogens with one attached hydrogen (secondary N) is 1. The predicted molar refractivity (Wildman–Crippen MR) is 270 cm³/mol. The van der Waals surface area contributed by atoms with Crippen LogP contribution in [0.2, 0.25) is 10.0 Å². The Labute approximate surface area is 410 Å². The number of carboxylic acid groups (broad SMARTS) is 1. The lowest BCUT2D eigenvalue weighted by atomic mass is 10.0. The molecule has 0 radical (unpaired) electrons. The SMILES string of the molecule is C.Cc1cc(N)nc(C)c1CNC(=O)c1ccnc(Cc2ccc3c(cc(Cl)c[n+]3[O-])c2)c1.Cc1cc(N)nc(C)c1N.Cl.O=C(O)c1ccnc(Cc2ccc3c(cc(Cl)c[n+]3[O-])c2)c1.[2H]CF. The summed E-state index contributed by atoms with van der Waals surface area (Å²) in [5.41, 5.74) is 27.2. The number of pyridine rings is 6. The van der Waals surface area contributed by atoms with Crippen LogP contribution in [0.25, 0.3) is 21.8 Å². The Morgan fingerprint density at radius 1 is 0.721 bits per heavy atom. The van der Waals surface area contributed by atoms with Crippen molar-refractivity contribution in [3.63, 3.8) is 0 Å². The lowest BCUT2D eigenvalue weighted by molar-refractivity contribution is -0.577. The van der Waals surface area contributed by atoms with Gasteiger partial charge in [-0.1, -0.05) is 42.8 Å². The van der Waals surface area contributed by atoms with E-state index in [2.05, 4.69) is 25.3 Å². The smallest absolute Gasteiger partial charge is 0.335 e. The molecule has 0 atom stereocenters. The Balaban J connectivity index is 0.000000294. The molecule has 0 bridgehead atoms. The number of rotatable bonds is 8. The van der Waals surface area contributed by atoms with Crippen molar-refractivity contribution >= 4 is 86.6 Å². The molecule has 6 heterocycles. The Morgan fingerprint density at radius 2 is 1.18 bits per heavy atom. The third-order valence-electron chi connectivity index (χ3n) is 10.1. The number of aromatic nitrogens is 6. The maximum atomic E-state index is 12.7. The zero-order chi connectivity index (χ0) is 48.9. The molecule has 8 N–H and O–H groups in total. The Hall–Kier alpha value is -7.40. The van der Waals surface area contributed by atoms with E-state index in [1.165, 1.54) is 30.7 Å². The first-order valence-corrected chi connectivity index (χ1v) is 20.7. The van der Waals surface area contributed by atoms with E-state index in [1.807, 2.05) is 52.0 Å². The van der Waals surface area contributed by atoms with Crippen LogP contribution >= 0.6 is 35.6 Å². The van der Waals surface area contributed by atoms with Gasteiger partial charge in [0.1, 0.15) is 21.7 Å². The normalized spacial score (nSPS) is 10.4. The topological polar surface area (TPSA) is 250 Å². The number of carbonyl (C=O) groups excluding carboxylic acids is 1. The van der Waals surface area contributed by atoms with Crippen molar-refractivity contribution in [3.05, 3.63) is 192 Å². The third-order valence-corrected chi connectivity index (χ3v) is 10.5. The summed E-state index contributed by atoms with van der Waals surface area (Å²) < 4.78 is 17.0. The zero-order valence-corrected chi connectivity index (χ0v) is 39.1. The molecule has 68 heavy (non-hydrogen) atoms. The van der Waals surface area contributed by atoms with Crippen molar-refractivity contribution in [2.75, 3.05) is 24.4 Å². The Kier molecular flexibility index (Phi) is 19.5. The van der Waals surface area contributed by atoms with Crippen LogP contribution in [0, 0.1) is 38.1 Å². The minimum atomic E-state index is -1.00. The highest BCUT2D eigenvalue weighted by molar-refractivity contribution is 6.31. The highest BCUT2D eigenvalue weighted by Crippen LogP contribution is 2.22. The fourth-order valence-corrected chi connectivity index (χ4v) is 7.35. The Bertz CT molecular complexity index is 3050. The van der Waals surface area contributed by atoms with Crippen LogP contribution in [0.3, 0.4) is 0 Å². The fraction of sp³-hybridized carbons (Fsp3) is 0.184. The highest BCUT2D eigenvalue weighted by Gasteiger charge is 2.13. The summed E-state index contributed by atoms with van der Waals surface area (Å²) in [4.78, 5) is 40.5. The van der Waals surface area contributed by atoms with Crippen LogP contribution in [-0.2, 0) is 19.4 Å². The lowest BCUT2D eigenvalue weighted by Crippen LogP contribution is -2.26. The summed E-state index contributed by atoms with van der Waals surface area (Å²) in [6, 6.07) is 24.4. The molecule has 0 aliphatic rings. The van der Waals surface area contributed by atoms with Gasteiger partial charge < -0.3 is 38.0 Å². The number of nitrogens with two attached hydrogens (primary N) is 3. The largest absolute Gasteiger partial charge is 0.618 e. The van der Waals surface area contributed by atoms with Crippen molar-refractivity contribution in [2.45, 2.75) is 54.5 Å². The molecular formula is C49H52Cl3FN10O5. The first-order chi connectivity index (χ1) is 31.8. The number of fused-ring (bicyclic) bond motifs is 2. The van der Waals surface area contributed by atoms with Crippen LogP contribution in [0.1, 0.15) is 80.1 Å². The van der Waals surface area contributed by atoms with Gasteiger partial charge in [-0.25, -0.2) is 14.8 Å². The maximum Gasteiger partial charge on any atom is 0.335 e. The lowest BCUT2D eigenvalue weighted by Gasteiger charge is -2.12. The molecule has 6 aromatic heterocycles.